The van der Waals surface area contributed by atoms with Gasteiger partial charge < -0.3 is 10.4 Å². The molecule has 0 spiro atoms. The Labute approximate surface area is 77.3 Å². The molecule has 0 radical (unpaired) electrons. The van der Waals surface area contributed by atoms with E-state index in [1.165, 1.54) is 6.21 Å². The van der Waals surface area contributed by atoms with Gasteiger partial charge in [0.1, 0.15) is 5.66 Å². The van der Waals surface area contributed by atoms with Crippen molar-refractivity contribution in [3.8, 4) is 0 Å². The molecule has 0 aromatic carbocycles. The first-order chi connectivity index (χ1) is 5.82. The molecule has 5 heteroatoms. The first kappa shape index (κ1) is 10.1. The standard InChI is InChI=1S/C8H15N3O2/c1-7(2)6(5-9-12)10-8(3,4)11(7)13/h5,12-13H,1-4H3/b9-5+. The van der Waals surface area contributed by atoms with Gasteiger partial charge >= 0.3 is 0 Å². The Morgan fingerprint density at radius 3 is 2.23 bits per heavy atom. The molecule has 1 aliphatic rings. The minimum atomic E-state index is -0.667. The fraction of sp³-hybridized carbons (Fsp3) is 0.750. The predicted molar refractivity (Wildman–Crippen MR) is 49.5 cm³/mol. The number of hydroxylamine groups is 2. The summed E-state index contributed by atoms with van der Waals surface area (Å²) in [5, 5.41) is 22.2. The highest BCUT2D eigenvalue weighted by Crippen LogP contribution is 2.32. The SMILES string of the molecule is CC1(C)N=C(/C=N/O)C(C)(C)N1O. The second-order valence-electron chi connectivity index (χ2n) is 4.11. The number of oxime groups is 1. The summed E-state index contributed by atoms with van der Waals surface area (Å²) < 4.78 is 0. The van der Waals surface area contributed by atoms with Crippen LogP contribution in [0.5, 0.6) is 0 Å². The van der Waals surface area contributed by atoms with Gasteiger partial charge in [0.2, 0.25) is 0 Å². The van der Waals surface area contributed by atoms with Crippen LogP contribution in [-0.4, -0.2) is 38.6 Å². The Morgan fingerprint density at radius 1 is 1.38 bits per heavy atom. The van der Waals surface area contributed by atoms with E-state index in [1.807, 2.05) is 13.8 Å². The molecule has 74 valence electrons. The Kier molecular flexibility index (Phi) is 2.17. The predicted octanol–water partition coefficient (Wildman–Crippen LogP) is 1.11. The molecule has 5 nitrogen and oxygen atoms in total. The summed E-state index contributed by atoms with van der Waals surface area (Å²) in [6.45, 7) is 7.18. The van der Waals surface area contributed by atoms with E-state index in [-0.39, 0.29) is 0 Å². The van der Waals surface area contributed by atoms with E-state index in [0.29, 0.717) is 5.71 Å². The first-order valence-corrected chi connectivity index (χ1v) is 4.09. The van der Waals surface area contributed by atoms with E-state index in [0.717, 1.165) is 5.06 Å². The van der Waals surface area contributed by atoms with Gasteiger partial charge in [-0.3, -0.25) is 4.99 Å². The highest BCUT2D eigenvalue weighted by Gasteiger charge is 2.46. The molecule has 1 heterocycles. The molecular formula is C8H15N3O2. The van der Waals surface area contributed by atoms with Gasteiger partial charge in [-0.2, -0.15) is 5.06 Å². The number of rotatable bonds is 1. The Balaban J connectivity index is 3.09. The van der Waals surface area contributed by atoms with Crippen molar-refractivity contribution in [3.05, 3.63) is 0 Å². The van der Waals surface area contributed by atoms with Crippen molar-refractivity contribution in [1.82, 2.24) is 5.06 Å². The van der Waals surface area contributed by atoms with Gasteiger partial charge in [0, 0.05) is 0 Å². The Hall–Kier alpha value is -0.940. The largest absolute Gasteiger partial charge is 0.411 e. The highest BCUT2D eigenvalue weighted by molar-refractivity contribution is 6.34. The summed E-state index contributed by atoms with van der Waals surface area (Å²) in [5.41, 5.74) is -0.724. The monoisotopic (exact) mass is 185 g/mol. The van der Waals surface area contributed by atoms with Gasteiger partial charge in [-0.05, 0) is 27.7 Å². The number of hydrogen-bond donors (Lipinski definition) is 2. The number of hydrogen-bond acceptors (Lipinski definition) is 5. The van der Waals surface area contributed by atoms with Gasteiger partial charge in [-0.1, -0.05) is 5.16 Å². The lowest BCUT2D eigenvalue weighted by molar-refractivity contribution is -0.187. The molecule has 0 aliphatic carbocycles. The minimum absolute atomic E-state index is 0.558. The summed E-state index contributed by atoms with van der Waals surface area (Å²) in [5.74, 6) is 0. The lowest BCUT2D eigenvalue weighted by Gasteiger charge is -2.33. The van der Waals surface area contributed by atoms with Gasteiger partial charge in [-0.15, -0.1) is 0 Å². The third-order valence-corrected chi connectivity index (χ3v) is 2.25. The summed E-state index contributed by atoms with van der Waals surface area (Å²) in [7, 11) is 0. The van der Waals surface area contributed by atoms with Gasteiger partial charge in [-0.25, -0.2) is 0 Å². The molecule has 0 amide bonds. The Morgan fingerprint density at radius 2 is 1.92 bits per heavy atom. The molecule has 0 saturated heterocycles. The van der Waals surface area contributed by atoms with Crippen LogP contribution in [0.15, 0.2) is 10.1 Å². The quantitative estimate of drug-likeness (QED) is 0.365. The van der Waals surface area contributed by atoms with Gasteiger partial charge in [0.25, 0.3) is 0 Å². The summed E-state index contributed by atoms with van der Waals surface area (Å²) in [6.07, 6.45) is 1.25. The molecule has 2 N–H and O–H groups in total. The zero-order valence-electron chi connectivity index (χ0n) is 8.31. The molecular weight excluding hydrogens is 170 g/mol. The molecule has 1 rings (SSSR count). The van der Waals surface area contributed by atoms with Crippen LogP contribution < -0.4 is 0 Å². The molecule has 0 atom stereocenters. The molecule has 0 bridgehead atoms. The number of aliphatic imine (C=N–C) groups is 1. The average molecular weight is 185 g/mol. The summed E-state index contributed by atoms with van der Waals surface area (Å²) >= 11 is 0. The molecule has 0 aromatic heterocycles. The zero-order chi connectivity index (χ0) is 10.3. The van der Waals surface area contributed by atoms with E-state index in [9.17, 15) is 5.21 Å². The molecule has 1 aliphatic heterocycles. The van der Waals surface area contributed by atoms with Gasteiger partial charge in [0.05, 0.1) is 17.5 Å². The second-order valence-corrected chi connectivity index (χ2v) is 4.11. The summed E-state index contributed by atoms with van der Waals surface area (Å²) in [6, 6.07) is 0. The van der Waals surface area contributed by atoms with Crippen LogP contribution in [-0.2, 0) is 0 Å². The topological polar surface area (TPSA) is 68.4 Å². The second kappa shape index (κ2) is 2.78. The van der Waals surface area contributed by atoms with Crippen molar-refractivity contribution in [2.75, 3.05) is 0 Å². The highest BCUT2D eigenvalue weighted by atomic mass is 16.5. The van der Waals surface area contributed by atoms with Crippen LogP contribution in [0.25, 0.3) is 0 Å². The van der Waals surface area contributed by atoms with Crippen LogP contribution in [0.1, 0.15) is 27.7 Å². The molecule has 13 heavy (non-hydrogen) atoms. The normalized spacial score (nSPS) is 26.7. The lowest BCUT2D eigenvalue weighted by Crippen LogP contribution is -2.50. The van der Waals surface area contributed by atoms with E-state index in [2.05, 4.69) is 10.1 Å². The van der Waals surface area contributed by atoms with Crippen molar-refractivity contribution < 1.29 is 10.4 Å². The van der Waals surface area contributed by atoms with E-state index < -0.39 is 11.2 Å². The van der Waals surface area contributed by atoms with E-state index in [1.54, 1.807) is 13.8 Å². The maximum atomic E-state index is 9.76. The fourth-order valence-corrected chi connectivity index (χ4v) is 1.51. The van der Waals surface area contributed by atoms with Crippen LogP contribution in [0.4, 0.5) is 0 Å². The number of nitrogens with zero attached hydrogens (tertiary/aromatic N) is 3. The Bertz CT molecular complexity index is 269. The maximum absolute atomic E-state index is 9.76. The zero-order valence-corrected chi connectivity index (χ0v) is 8.31. The van der Waals surface area contributed by atoms with E-state index >= 15 is 0 Å². The van der Waals surface area contributed by atoms with Crippen LogP contribution in [0.2, 0.25) is 0 Å². The van der Waals surface area contributed by atoms with Crippen molar-refractivity contribution in [3.63, 3.8) is 0 Å². The molecule has 0 aromatic rings. The molecule has 0 unspecified atom stereocenters. The molecule has 0 saturated carbocycles. The first-order valence-electron chi connectivity index (χ1n) is 4.09. The minimum Gasteiger partial charge on any atom is -0.411 e. The average Bonchev–Trinajstić information content (AvgIpc) is 2.14. The maximum Gasteiger partial charge on any atom is 0.131 e. The van der Waals surface area contributed by atoms with Crippen molar-refractivity contribution in [1.29, 1.82) is 0 Å². The van der Waals surface area contributed by atoms with E-state index in [4.69, 9.17) is 5.21 Å². The van der Waals surface area contributed by atoms with Crippen LogP contribution >= 0.6 is 0 Å². The van der Waals surface area contributed by atoms with Crippen molar-refractivity contribution in [2.24, 2.45) is 10.1 Å². The van der Waals surface area contributed by atoms with Crippen molar-refractivity contribution in [2.45, 2.75) is 38.9 Å². The lowest BCUT2D eigenvalue weighted by atomic mass is 9.99. The molecule has 0 fully saturated rings. The third-order valence-electron chi connectivity index (χ3n) is 2.25. The smallest absolute Gasteiger partial charge is 0.131 e. The third kappa shape index (κ3) is 1.45. The van der Waals surface area contributed by atoms with Crippen LogP contribution in [0, 0.1) is 0 Å². The fourth-order valence-electron chi connectivity index (χ4n) is 1.51. The summed E-state index contributed by atoms with van der Waals surface area (Å²) in [4.78, 5) is 4.23. The van der Waals surface area contributed by atoms with Crippen LogP contribution in [0.3, 0.4) is 0 Å². The van der Waals surface area contributed by atoms with Gasteiger partial charge in [0.15, 0.2) is 0 Å². The van der Waals surface area contributed by atoms with Crippen molar-refractivity contribution >= 4 is 11.9 Å².